The first-order valence-electron chi connectivity index (χ1n) is 9.91. The lowest BCUT2D eigenvalue weighted by molar-refractivity contribution is 0.373. The van der Waals surface area contributed by atoms with Crippen molar-refractivity contribution in [2.75, 3.05) is 17.7 Å². The van der Waals surface area contributed by atoms with Crippen LogP contribution in [0.5, 0.6) is 0 Å². The Kier molecular flexibility index (Phi) is 7.80. The summed E-state index contributed by atoms with van der Waals surface area (Å²) in [5, 5.41) is 0. The molecule has 0 fully saturated rings. The third-order valence-corrected chi connectivity index (χ3v) is 7.24. The molecule has 0 saturated carbocycles. The summed E-state index contributed by atoms with van der Waals surface area (Å²) in [5.74, 6) is 0. The highest BCUT2D eigenvalue weighted by Gasteiger charge is 2.32. The Morgan fingerprint density at radius 1 is 1.19 bits per heavy atom. The van der Waals surface area contributed by atoms with Crippen molar-refractivity contribution in [1.82, 2.24) is 14.3 Å². The highest BCUT2D eigenvalue weighted by atomic mass is 79.9. The molecule has 6 nitrogen and oxygen atoms in total. The molecule has 0 spiro atoms. The highest BCUT2D eigenvalue weighted by Crippen LogP contribution is 2.33. The molecule has 1 aliphatic heterocycles. The lowest BCUT2D eigenvalue weighted by Gasteiger charge is -2.34. The molecule has 31 heavy (non-hydrogen) atoms. The monoisotopic (exact) mass is 524 g/mol. The van der Waals surface area contributed by atoms with Crippen LogP contribution in [0.2, 0.25) is 0 Å². The van der Waals surface area contributed by atoms with Gasteiger partial charge in [0.15, 0.2) is 0 Å². The zero-order valence-corrected chi connectivity index (χ0v) is 20.5. The van der Waals surface area contributed by atoms with Crippen molar-refractivity contribution in [2.24, 2.45) is 0 Å². The number of hydrogen-bond donors (Lipinski definition) is 1. The van der Waals surface area contributed by atoms with Gasteiger partial charge in [-0.2, -0.15) is 4.31 Å². The summed E-state index contributed by atoms with van der Waals surface area (Å²) in [6.07, 6.45) is 6.53. The number of rotatable bonds is 6. The second-order valence-electron chi connectivity index (χ2n) is 7.71. The van der Waals surface area contributed by atoms with Crippen LogP contribution in [-0.4, -0.2) is 41.5 Å². The summed E-state index contributed by atoms with van der Waals surface area (Å²) >= 11 is 3.54. The van der Waals surface area contributed by atoms with Crippen molar-refractivity contribution in [3.05, 3.63) is 82.3 Å². The first-order valence-corrected chi connectivity index (χ1v) is 12.6. The maximum Gasteiger partial charge on any atom is 0.211 e. The number of fused-ring (bicyclic) bond motifs is 1. The Morgan fingerprint density at radius 2 is 1.97 bits per heavy atom. The summed E-state index contributed by atoms with van der Waals surface area (Å²) in [6, 6.07) is 16.5. The Bertz CT molecular complexity index is 1090. The zero-order chi connectivity index (χ0) is 21.1. The molecule has 0 amide bonds. The fourth-order valence-electron chi connectivity index (χ4n) is 3.99. The van der Waals surface area contributed by atoms with E-state index >= 15 is 0 Å². The van der Waals surface area contributed by atoms with Crippen LogP contribution in [-0.2, 0) is 29.5 Å². The van der Waals surface area contributed by atoms with Gasteiger partial charge in [0, 0.05) is 35.5 Å². The number of benzene rings is 2. The minimum atomic E-state index is -3.33. The van der Waals surface area contributed by atoms with Gasteiger partial charge >= 0.3 is 0 Å². The van der Waals surface area contributed by atoms with E-state index in [2.05, 4.69) is 49.0 Å². The third kappa shape index (κ3) is 5.88. The standard InChI is InChI=1S/C22H25BrN4O2S.ClH/c1-30(28,29)26-13-18-11-19(23)8-10-22(18)27(14-20-12-24-16-25-20)21(15-26)9-7-17-5-3-2-4-6-17;/h2-6,8,10-12,16,21H,7,9,13-15H2,1H3,(H,24,25);1H. The van der Waals surface area contributed by atoms with E-state index in [1.807, 2.05) is 36.5 Å². The number of hydrogen-bond acceptors (Lipinski definition) is 4. The van der Waals surface area contributed by atoms with Gasteiger partial charge in [-0.05, 0) is 42.2 Å². The minimum Gasteiger partial charge on any atom is -0.361 e. The summed E-state index contributed by atoms with van der Waals surface area (Å²) < 4.78 is 27.7. The molecule has 0 bridgehead atoms. The molecule has 3 aromatic rings. The van der Waals surface area contributed by atoms with Crippen molar-refractivity contribution in [2.45, 2.75) is 32.0 Å². The average Bonchev–Trinajstić information content (AvgIpc) is 3.17. The van der Waals surface area contributed by atoms with Gasteiger partial charge in [-0.3, -0.25) is 0 Å². The van der Waals surface area contributed by atoms with Crippen molar-refractivity contribution in [3.8, 4) is 0 Å². The Labute approximate surface area is 198 Å². The maximum atomic E-state index is 12.6. The minimum absolute atomic E-state index is 0. The van der Waals surface area contributed by atoms with E-state index in [0.717, 1.165) is 34.3 Å². The number of aryl methyl sites for hydroxylation is 1. The SMILES string of the molecule is CS(=O)(=O)N1Cc2cc(Br)ccc2N(Cc2cnc[nH]2)C(CCc2ccccc2)C1.Cl. The van der Waals surface area contributed by atoms with Crippen LogP contribution >= 0.6 is 28.3 Å². The van der Waals surface area contributed by atoms with Crippen LogP contribution in [0.15, 0.2) is 65.5 Å². The Balaban J connectivity index is 0.00000272. The van der Waals surface area contributed by atoms with Gasteiger partial charge in [-0.1, -0.05) is 46.3 Å². The number of imidazole rings is 1. The lowest BCUT2D eigenvalue weighted by atomic mass is 10.0. The number of halogens is 2. The molecule has 1 aliphatic rings. The normalized spacial score (nSPS) is 17.0. The molecular formula is C22H26BrClN4O2S. The van der Waals surface area contributed by atoms with E-state index in [1.165, 1.54) is 11.8 Å². The molecule has 1 aromatic heterocycles. The van der Waals surface area contributed by atoms with Crippen molar-refractivity contribution >= 4 is 44.0 Å². The first-order chi connectivity index (χ1) is 14.4. The van der Waals surface area contributed by atoms with Gasteiger partial charge in [0.2, 0.25) is 10.0 Å². The number of sulfonamides is 1. The molecule has 2 heterocycles. The zero-order valence-electron chi connectivity index (χ0n) is 17.2. The average molecular weight is 526 g/mol. The molecule has 1 atom stereocenters. The summed E-state index contributed by atoms with van der Waals surface area (Å²) in [5.41, 5.74) is 4.32. The molecule has 1 N–H and O–H groups in total. The first kappa shape index (κ1) is 23.8. The molecule has 4 rings (SSSR count). The third-order valence-electron chi connectivity index (χ3n) is 5.53. The van der Waals surface area contributed by atoms with Crippen LogP contribution in [0.3, 0.4) is 0 Å². The molecule has 0 radical (unpaired) electrons. The fraction of sp³-hybridized carbons (Fsp3) is 0.318. The lowest BCUT2D eigenvalue weighted by Crippen LogP contribution is -2.43. The van der Waals surface area contributed by atoms with E-state index in [9.17, 15) is 8.42 Å². The van der Waals surface area contributed by atoms with Gasteiger partial charge < -0.3 is 9.88 Å². The highest BCUT2D eigenvalue weighted by molar-refractivity contribution is 9.10. The van der Waals surface area contributed by atoms with E-state index in [0.29, 0.717) is 19.6 Å². The van der Waals surface area contributed by atoms with Gasteiger partial charge in [0.25, 0.3) is 0 Å². The van der Waals surface area contributed by atoms with Crippen LogP contribution in [0.4, 0.5) is 5.69 Å². The van der Waals surface area contributed by atoms with E-state index in [4.69, 9.17) is 0 Å². The number of H-pyrrole nitrogens is 1. The van der Waals surface area contributed by atoms with Crippen molar-refractivity contribution in [1.29, 1.82) is 0 Å². The smallest absolute Gasteiger partial charge is 0.211 e. The number of nitrogens with one attached hydrogen (secondary N) is 1. The molecule has 1 unspecified atom stereocenters. The molecular weight excluding hydrogens is 500 g/mol. The van der Waals surface area contributed by atoms with Crippen molar-refractivity contribution < 1.29 is 8.42 Å². The van der Waals surface area contributed by atoms with Gasteiger partial charge in [0.1, 0.15) is 0 Å². The number of nitrogens with zero attached hydrogens (tertiary/aromatic N) is 3. The van der Waals surface area contributed by atoms with Gasteiger partial charge in [0.05, 0.1) is 24.8 Å². The van der Waals surface area contributed by atoms with Crippen LogP contribution < -0.4 is 4.90 Å². The summed E-state index contributed by atoms with van der Waals surface area (Å²) in [4.78, 5) is 9.67. The molecule has 166 valence electrons. The Hall–Kier alpha value is -1.87. The van der Waals surface area contributed by atoms with Gasteiger partial charge in [-0.25, -0.2) is 13.4 Å². The maximum absolute atomic E-state index is 12.6. The Morgan fingerprint density at radius 3 is 2.65 bits per heavy atom. The molecule has 9 heteroatoms. The quantitative estimate of drug-likeness (QED) is 0.519. The predicted molar refractivity (Wildman–Crippen MR) is 130 cm³/mol. The van der Waals surface area contributed by atoms with Gasteiger partial charge in [-0.15, -0.1) is 12.4 Å². The van der Waals surface area contributed by atoms with E-state index < -0.39 is 10.0 Å². The molecule has 0 aliphatic carbocycles. The number of aromatic nitrogens is 2. The summed E-state index contributed by atoms with van der Waals surface area (Å²) in [7, 11) is -3.33. The van der Waals surface area contributed by atoms with Crippen LogP contribution in [0.1, 0.15) is 23.2 Å². The largest absolute Gasteiger partial charge is 0.361 e. The fourth-order valence-corrected chi connectivity index (χ4v) is 5.22. The summed E-state index contributed by atoms with van der Waals surface area (Å²) in [6.45, 7) is 1.46. The number of anilines is 1. The number of aromatic amines is 1. The molecule has 2 aromatic carbocycles. The second-order valence-corrected chi connectivity index (χ2v) is 10.6. The van der Waals surface area contributed by atoms with Crippen LogP contribution in [0, 0.1) is 0 Å². The predicted octanol–water partition coefficient (Wildman–Crippen LogP) is 4.38. The molecule has 0 saturated heterocycles. The van der Waals surface area contributed by atoms with E-state index in [-0.39, 0.29) is 18.4 Å². The second kappa shape index (κ2) is 10.2. The van der Waals surface area contributed by atoms with Crippen LogP contribution in [0.25, 0.3) is 0 Å². The topological polar surface area (TPSA) is 69.3 Å². The van der Waals surface area contributed by atoms with E-state index in [1.54, 1.807) is 10.6 Å². The van der Waals surface area contributed by atoms with Crippen molar-refractivity contribution in [3.63, 3.8) is 0 Å².